The molecule has 1 saturated carbocycles. The van der Waals surface area contributed by atoms with E-state index in [1.165, 1.54) is 4.90 Å². The van der Waals surface area contributed by atoms with Gasteiger partial charge in [0.25, 0.3) is 11.8 Å². The highest BCUT2D eigenvalue weighted by Gasteiger charge is 2.42. The average molecular weight is 244 g/mol. The zero-order valence-corrected chi connectivity index (χ0v) is 10.3. The van der Waals surface area contributed by atoms with Gasteiger partial charge in [0.15, 0.2) is 0 Å². The van der Waals surface area contributed by atoms with Crippen LogP contribution in [-0.2, 0) is 0 Å². The molecule has 2 unspecified atom stereocenters. The fourth-order valence-corrected chi connectivity index (χ4v) is 3.07. The number of carbonyl (C=O) groups excluding carboxylic acids is 2. The number of hydrogen-bond donors (Lipinski definition) is 1. The Morgan fingerprint density at radius 1 is 1.22 bits per heavy atom. The van der Waals surface area contributed by atoms with Crippen LogP contribution in [0.4, 0.5) is 5.69 Å². The Bertz CT molecular complexity index is 539. The molecule has 3 rings (SSSR count). The number of nitrogens with two attached hydrogens (primary N) is 1. The van der Waals surface area contributed by atoms with Gasteiger partial charge in [-0.05, 0) is 37.3 Å². The number of fused-ring (bicyclic) bond motifs is 1. The topological polar surface area (TPSA) is 63.4 Å². The molecule has 0 bridgehead atoms. The molecule has 0 radical (unpaired) electrons. The van der Waals surface area contributed by atoms with Gasteiger partial charge in [-0.2, -0.15) is 0 Å². The first-order valence-electron chi connectivity index (χ1n) is 6.36. The smallest absolute Gasteiger partial charge is 0.263 e. The summed E-state index contributed by atoms with van der Waals surface area (Å²) < 4.78 is 0. The van der Waals surface area contributed by atoms with Crippen LogP contribution in [0.2, 0.25) is 0 Å². The van der Waals surface area contributed by atoms with E-state index < -0.39 is 0 Å². The molecule has 1 aromatic rings. The molecule has 18 heavy (non-hydrogen) atoms. The Hall–Kier alpha value is -1.84. The standard InChI is InChI=1S/C14H16N2O2/c1-8-5-6-9(7-8)16-13(17)10-3-2-4-11(15)12(10)14(16)18/h2-4,8-9H,5-7,15H2,1H3. The maximum Gasteiger partial charge on any atom is 0.263 e. The summed E-state index contributed by atoms with van der Waals surface area (Å²) >= 11 is 0. The van der Waals surface area contributed by atoms with E-state index in [4.69, 9.17) is 5.73 Å². The van der Waals surface area contributed by atoms with E-state index in [-0.39, 0.29) is 17.9 Å². The minimum atomic E-state index is -0.216. The summed E-state index contributed by atoms with van der Waals surface area (Å²) in [5.74, 6) is 0.185. The Morgan fingerprint density at radius 2 is 2.00 bits per heavy atom. The molecular weight excluding hydrogens is 228 g/mol. The fraction of sp³-hybridized carbons (Fsp3) is 0.429. The predicted molar refractivity (Wildman–Crippen MR) is 68.2 cm³/mol. The lowest BCUT2D eigenvalue weighted by molar-refractivity contribution is 0.0586. The van der Waals surface area contributed by atoms with Crippen LogP contribution in [0.3, 0.4) is 0 Å². The SMILES string of the molecule is CC1CCC(N2C(=O)c3cccc(N)c3C2=O)C1. The van der Waals surface area contributed by atoms with Gasteiger partial charge in [-0.25, -0.2) is 0 Å². The normalized spacial score (nSPS) is 26.8. The number of benzene rings is 1. The van der Waals surface area contributed by atoms with Crippen molar-refractivity contribution in [3.63, 3.8) is 0 Å². The van der Waals surface area contributed by atoms with Gasteiger partial charge in [0.05, 0.1) is 11.1 Å². The van der Waals surface area contributed by atoms with Crippen molar-refractivity contribution < 1.29 is 9.59 Å². The molecule has 2 amide bonds. The van der Waals surface area contributed by atoms with Gasteiger partial charge in [-0.1, -0.05) is 13.0 Å². The summed E-state index contributed by atoms with van der Waals surface area (Å²) in [6, 6.07) is 5.13. The lowest BCUT2D eigenvalue weighted by Gasteiger charge is -2.21. The van der Waals surface area contributed by atoms with E-state index in [2.05, 4.69) is 6.92 Å². The first-order valence-corrected chi connectivity index (χ1v) is 6.36. The van der Waals surface area contributed by atoms with Crippen molar-refractivity contribution in [2.75, 3.05) is 5.73 Å². The molecule has 1 aromatic carbocycles. The molecule has 1 aliphatic heterocycles. The number of amides is 2. The Kier molecular flexibility index (Phi) is 2.40. The van der Waals surface area contributed by atoms with Crippen molar-refractivity contribution in [1.82, 2.24) is 4.90 Å². The van der Waals surface area contributed by atoms with Crippen LogP contribution in [0.25, 0.3) is 0 Å². The van der Waals surface area contributed by atoms with Crippen molar-refractivity contribution in [3.05, 3.63) is 29.3 Å². The molecule has 2 aliphatic rings. The maximum atomic E-state index is 12.3. The summed E-state index contributed by atoms with van der Waals surface area (Å²) in [7, 11) is 0. The number of imide groups is 1. The zero-order chi connectivity index (χ0) is 12.9. The minimum Gasteiger partial charge on any atom is -0.398 e. The molecule has 4 heteroatoms. The van der Waals surface area contributed by atoms with Crippen LogP contribution in [0.15, 0.2) is 18.2 Å². The van der Waals surface area contributed by atoms with E-state index in [0.717, 1.165) is 19.3 Å². The summed E-state index contributed by atoms with van der Waals surface area (Å²) in [6.07, 6.45) is 2.89. The quantitative estimate of drug-likeness (QED) is 0.607. The monoisotopic (exact) mass is 244 g/mol. The van der Waals surface area contributed by atoms with E-state index in [9.17, 15) is 9.59 Å². The van der Waals surface area contributed by atoms with Crippen LogP contribution in [-0.4, -0.2) is 22.8 Å². The Morgan fingerprint density at radius 3 is 2.61 bits per heavy atom. The number of carbonyl (C=O) groups is 2. The summed E-state index contributed by atoms with van der Waals surface area (Å²) in [5.41, 5.74) is 7.06. The zero-order valence-electron chi connectivity index (χ0n) is 10.3. The molecular formula is C14H16N2O2. The van der Waals surface area contributed by atoms with Crippen molar-refractivity contribution in [2.24, 2.45) is 5.92 Å². The first-order chi connectivity index (χ1) is 8.59. The third-order valence-electron chi connectivity index (χ3n) is 4.01. The number of nitrogens with zero attached hydrogens (tertiary/aromatic N) is 1. The molecule has 4 nitrogen and oxygen atoms in total. The second kappa shape index (κ2) is 3.83. The van der Waals surface area contributed by atoms with Crippen LogP contribution in [0.1, 0.15) is 46.9 Å². The van der Waals surface area contributed by atoms with Gasteiger partial charge in [0, 0.05) is 11.7 Å². The molecule has 1 heterocycles. The van der Waals surface area contributed by atoms with E-state index in [1.807, 2.05) is 0 Å². The molecule has 94 valence electrons. The summed E-state index contributed by atoms with van der Waals surface area (Å²) in [6.45, 7) is 2.16. The molecule has 0 aromatic heterocycles. The third kappa shape index (κ3) is 1.45. The summed E-state index contributed by atoms with van der Waals surface area (Å²) in [5, 5.41) is 0. The molecule has 0 saturated heterocycles. The van der Waals surface area contributed by atoms with E-state index >= 15 is 0 Å². The third-order valence-corrected chi connectivity index (χ3v) is 4.01. The van der Waals surface area contributed by atoms with Crippen molar-refractivity contribution in [3.8, 4) is 0 Å². The second-order valence-corrected chi connectivity index (χ2v) is 5.32. The number of hydrogen-bond acceptors (Lipinski definition) is 3. The van der Waals surface area contributed by atoms with Crippen molar-refractivity contribution in [1.29, 1.82) is 0 Å². The lowest BCUT2D eigenvalue weighted by atomic mass is 10.1. The van der Waals surface area contributed by atoms with Gasteiger partial charge in [0.2, 0.25) is 0 Å². The highest BCUT2D eigenvalue weighted by atomic mass is 16.2. The minimum absolute atomic E-state index is 0.0480. The largest absolute Gasteiger partial charge is 0.398 e. The van der Waals surface area contributed by atoms with Gasteiger partial charge in [-0.15, -0.1) is 0 Å². The van der Waals surface area contributed by atoms with Crippen LogP contribution < -0.4 is 5.73 Å². The second-order valence-electron chi connectivity index (χ2n) is 5.32. The average Bonchev–Trinajstić information content (AvgIpc) is 2.84. The molecule has 0 spiro atoms. The fourth-order valence-electron chi connectivity index (χ4n) is 3.07. The Labute approximate surface area is 106 Å². The van der Waals surface area contributed by atoms with E-state index in [1.54, 1.807) is 18.2 Å². The van der Waals surface area contributed by atoms with Gasteiger partial charge in [-0.3, -0.25) is 14.5 Å². The first kappa shape index (κ1) is 11.3. The highest BCUT2D eigenvalue weighted by Crippen LogP contribution is 2.35. The Balaban J connectivity index is 2.00. The number of anilines is 1. The highest BCUT2D eigenvalue weighted by molar-refractivity contribution is 6.23. The molecule has 1 aliphatic carbocycles. The molecule has 1 fully saturated rings. The van der Waals surface area contributed by atoms with Crippen LogP contribution >= 0.6 is 0 Å². The van der Waals surface area contributed by atoms with Crippen LogP contribution in [0.5, 0.6) is 0 Å². The lowest BCUT2D eigenvalue weighted by Crippen LogP contribution is -2.38. The summed E-state index contributed by atoms with van der Waals surface area (Å²) in [4.78, 5) is 26.1. The number of nitrogen functional groups attached to an aromatic ring is 1. The van der Waals surface area contributed by atoms with Crippen molar-refractivity contribution >= 4 is 17.5 Å². The predicted octanol–water partition coefficient (Wildman–Crippen LogP) is 2.05. The van der Waals surface area contributed by atoms with Crippen LogP contribution in [0, 0.1) is 5.92 Å². The van der Waals surface area contributed by atoms with Gasteiger partial charge < -0.3 is 5.73 Å². The van der Waals surface area contributed by atoms with Crippen molar-refractivity contribution in [2.45, 2.75) is 32.2 Å². The van der Waals surface area contributed by atoms with E-state index in [0.29, 0.717) is 22.7 Å². The van der Waals surface area contributed by atoms with Gasteiger partial charge in [0.1, 0.15) is 0 Å². The molecule has 2 N–H and O–H groups in total. The molecule has 2 atom stereocenters. The maximum absolute atomic E-state index is 12.3. The number of rotatable bonds is 1. The van der Waals surface area contributed by atoms with Gasteiger partial charge >= 0.3 is 0 Å².